The summed E-state index contributed by atoms with van der Waals surface area (Å²) in [4.78, 5) is 15.7. The Morgan fingerprint density at radius 2 is 2.00 bits per heavy atom. The molecule has 0 spiro atoms. The lowest BCUT2D eigenvalue weighted by Crippen LogP contribution is -2.45. The van der Waals surface area contributed by atoms with E-state index in [2.05, 4.69) is 10.2 Å². The van der Waals surface area contributed by atoms with E-state index in [1.165, 1.54) is 5.56 Å². The predicted octanol–water partition coefficient (Wildman–Crippen LogP) is 3.57. The van der Waals surface area contributed by atoms with Crippen molar-refractivity contribution in [2.75, 3.05) is 13.1 Å². The second kappa shape index (κ2) is 6.70. The molecule has 4 rings (SSSR count). The molecule has 0 bridgehead atoms. The molecule has 1 amide bonds. The van der Waals surface area contributed by atoms with Gasteiger partial charge in [0.2, 0.25) is 0 Å². The number of nitrogens with one attached hydrogen (secondary N) is 1. The average molecular weight is 367 g/mol. The topological polar surface area (TPSA) is 69.2 Å². The van der Waals surface area contributed by atoms with Crippen LogP contribution in [-0.2, 0) is 5.60 Å². The van der Waals surface area contributed by atoms with Gasteiger partial charge >= 0.3 is 0 Å². The number of hydrogen-bond acceptors (Lipinski definition) is 4. The monoisotopic (exact) mass is 367 g/mol. The molecule has 1 aliphatic rings. The minimum Gasteiger partial charge on any atom is -0.385 e. The molecule has 2 N–H and O–H groups in total. The summed E-state index contributed by atoms with van der Waals surface area (Å²) in [6.07, 6.45) is 4.69. The van der Waals surface area contributed by atoms with E-state index in [4.69, 9.17) is 0 Å². The van der Waals surface area contributed by atoms with Gasteiger partial charge in [-0.15, -0.1) is 11.3 Å². The molecule has 5 nitrogen and oxygen atoms in total. The molecule has 2 aromatic heterocycles. The van der Waals surface area contributed by atoms with Crippen LogP contribution < -0.4 is 0 Å². The zero-order chi connectivity index (χ0) is 18.1. The first-order valence-corrected chi connectivity index (χ1v) is 9.60. The minimum absolute atomic E-state index is 0.0296. The van der Waals surface area contributed by atoms with Crippen LogP contribution in [0.1, 0.15) is 34.3 Å². The van der Waals surface area contributed by atoms with E-state index in [1.54, 1.807) is 17.5 Å². The SMILES string of the molecule is Cc1ccc(C2(O)CCN(C(=O)c3csc(-c4cn[nH]c4)c3)CC2)cc1. The summed E-state index contributed by atoms with van der Waals surface area (Å²) in [7, 11) is 0. The van der Waals surface area contributed by atoms with Gasteiger partial charge in [-0.25, -0.2) is 0 Å². The summed E-state index contributed by atoms with van der Waals surface area (Å²) in [6.45, 7) is 3.15. The van der Waals surface area contributed by atoms with Crippen LogP contribution in [0.2, 0.25) is 0 Å². The highest BCUT2D eigenvalue weighted by atomic mass is 32.1. The lowest BCUT2D eigenvalue weighted by Gasteiger charge is -2.38. The van der Waals surface area contributed by atoms with Gasteiger partial charge in [0.05, 0.1) is 17.4 Å². The Bertz CT molecular complexity index is 892. The molecule has 1 aliphatic heterocycles. The van der Waals surface area contributed by atoms with Crippen molar-refractivity contribution in [2.45, 2.75) is 25.4 Å². The number of hydrogen-bond donors (Lipinski definition) is 2. The fraction of sp³-hybridized carbons (Fsp3) is 0.300. The Labute approximate surface area is 156 Å². The molecule has 3 heterocycles. The molecule has 26 heavy (non-hydrogen) atoms. The number of aliphatic hydroxyl groups is 1. The number of piperidine rings is 1. The summed E-state index contributed by atoms with van der Waals surface area (Å²) < 4.78 is 0. The van der Waals surface area contributed by atoms with Crippen LogP contribution >= 0.6 is 11.3 Å². The number of aromatic nitrogens is 2. The van der Waals surface area contributed by atoms with Crippen molar-refractivity contribution in [3.8, 4) is 10.4 Å². The normalized spacial score (nSPS) is 16.6. The van der Waals surface area contributed by atoms with Crippen LogP contribution in [0.25, 0.3) is 10.4 Å². The molecule has 1 saturated heterocycles. The van der Waals surface area contributed by atoms with Gasteiger partial charge in [0.15, 0.2) is 0 Å². The van der Waals surface area contributed by atoms with E-state index in [1.807, 2.05) is 53.7 Å². The second-order valence-corrected chi connectivity index (χ2v) is 7.79. The molecule has 0 saturated carbocycles. The molecule has 0 unspecified atom stereocenters. The summed E-state index contributed by atoms with van der Waals surface area (Å²) in [5.41, 5.74) is 2.96. The maximum atomic E-state index is 12.8. The summed E-state index contributed by atoms with van der Waals surface area (Å²) in [6, 6.07) is 9.94. The summed E-state index contributed by atoms with van der Waals surface area (Å²) in [5, 5.41) is 19.6. The Kier molecular flexibility index (Phi) is 4.38. The minimum atomic E-state index is -0.846. The molecule has 134 valence electrons. The highest BCUT2D eigenvalue weighted by molar-refractivity contribution is 7.13. The fourth-order valence-electron chi connectivity index (χ4n) is 3.40. The van der Waals surface area contributed by atoms with E-state index >= 15 is 0 Å². The van der Waals surface area contributed by atoms with E-state index in [0.717, 1.165) is 16.0 Å². The summed E-state index contributed by atoms with van der Waals surface area (Å²) >= 11 is 1.54. The van der Waals surface area contributed by atoms with Gasteiger partial charge in [-0.05, 0) is 31.4 Å². The van der Waals surface area contributed by atoms with E-state index in [9.17, 15) is 9.90 Å². The third-order valence-electron chi connectivity index (χ3n) is 5.10. The third kappa shape index (κ3) is 3.18. The van der Waals surface area contributed by atoms with E-state index in [0.29, 0.717) is 31.5 Å². The number of carbonyl (C=O) groups excluding carboxylic acids is 1. The molecular formula is C20H21N3O2S. The van der Waals surface area contributed by atoms with Crippen LogP contribution in [0.5, 0.6) is 0 Å². The number of amides is 1. The van der Waals surface area contributed by atoms with Gasteiger partial charge in [0.1, 0.15) is 0 Å². The van der Waals surface area contributed by atoms with Crippen LogP contribution in [-0.4, -0.2) is 39.2 Å². The number of nitrogens with zero attached hydrogens (tertiary/aromatic N) is 2. The maximum Gasteiger partial charge on any atom is 0.254 e. The van der Waals surface area contributed by atoms with Crippen molar-refractivity contribution in [3.05, 3.63) is 64.8 Å². The number of H-pyrrole nitrogens is 1. The number of thiophene rings is 1. The zero-order valence-corrected chi connectivity index (χ0v) is 15.4. The van der Waals surface area contributed by atoms with Gasteiger partial charge in [-0.1, -0.05) is 29.8 Å². The van der Waals surface area contributed by atoms with E-state index in [-0.39, 0.29) is 5.91 Å². The van der Waals surface area contributed by atoms with Crippen molar-refractivity contribution >= 4 is 17.2 Å². The van der Waals surface area contributed by atoms with Crippen molar-refractivity contribution in [2.24, 2.45) is 0 Å². The Morgan fingerprint density at radius 3 is 2.65 bits per heavy atom. The Balaban J connectivity index is 1.44. The Morgan fingerprint density at radius 1 is 1.27 bits per heavy atom. The number of benzene rings is 1. The van der Waals surface area contributed by atoms with Crippen molar-refractivity contribution < 1.29 is 9.90 Å². The third-order valence-corrected chi connectivity index (χ3v) is 6.08. The molecular weight excluding hydrogens is 346 g/mol. The van der Waals surface area contributed by atoms with Gasteiger partial charge in [0, 0.05) is 35.1 Å². The van der Waals surface area contributed by atoms with Crippen molar-refractivity contribution in [1.82, 2.24) is 15.1 Å². The van der Waals surface area contributed by atoms with Gasteiger partial charge in [-0.2, -0.15) is 5.10 Å². The smallest absolute Gasteiger partial charge is 0.254 e. The number of rotatable bonds is 3. The average Bonchev–Trinajstić information content (AvgIpc) is 3.34. The molecule has 1 aromatic carbocycles. The van der Waals surface area contributed by atoms with Crippen molar-refractivity contribution in [3.63, 3.8) is 0 Å². The number of likely N-dealkylation sites (tertiary alicyclic amines) is 1. The Hall–Kier alpha value is -2.44. The second-order valence-electron chi connectivity index (χ2n) is 6.88. The molecule has 0 radical (unpaired) electrons. The van der Waals surface area contributed by atoms with Gasteiger partial charge < -0.3 is 10.0 Å². The molecule has 3 aromatic rings. The van der Waals surface area contributed by atoms with Crippen LogP contribution in [0.4, 0.5) is 0 Å². The summed E-state index contributed by atoms with van der Waals surface area (Å²) in [5.74, 6) is 0.0296. The number of aromatic amines is 1. The van der Waals surface area contributed by atoms with E-state index < -0.39 is 5.60 Å². The molecule has 6 heteroatoms. The van der Waals surface area contributed by atoms with Crippen LogP contribution in [0.3, 0.4) is 0 Å². The highest BCUT2D eigenvalue weighted by Crippen LogP contribution is 2.34. The largest absolute Gasteiger partial charge is 0.385 e. The first-order valence-electron chi connectivity index (χ1n) is 8.72. The zero-order valence-electron chi connectivity index (χ0n) is 14.6. The van der Waals surface area contributed by atoms with Crippen molar-refractivity contribution in [1.29, 1.82) is 0 Å². The number of aryl methyl sites for hydroxylation is 1. The quantitative estimate of drug-likeness (QED) is 0.743. The molecule has 0 aliphatic carbocycles. The van der Waals surface area contributed by atoms with Crippen LogP contribution in [0.15, 0.2) is 48.1 Å². The lowest BCUT2D eigenvalue weighted by molar-refractivity contribution is -0.0211. The van der Waals surface area contributed by atoms with Gasteiger partial charge in [0.25, 0.3) is 5.91 Å². The highest BCUT2D eigenvalue weighted by Gasteiger charge is 2.35. The predicted molar refractivity (Wildman–Crippen MR) is 102 cm³/mol. The molecule has 1 fully saturated rings. The van der Waals surface area contributed by atoms with Crippen LogP contribution in [0, 0.1) is 6.92 Å². The maximum absolute atomic E-state index is 12.8. The molecule has 0 atom stereocenters. The number of carbonyl (C=O) groups is 1. The fourth-order valence-corrected chi connectivity index (χ4v) is 4.27. The van der Waals surface area contributed by atoms with Gasteiger partial charge in [-0.3, -0.25) is 9.89 Å². The standard InChI is InChI=1S/C20H21N3O2S/c1-14-2-4-17(5-3-14)20(25)6-8-23(9-7-20)19(24)15-10-18(26-13-15)16-11-21-22-12-16/h2-5,10-13,25H,6-9H2,1H3,(H,21,22). The lowest BCUT2D eigenvalue weighted by atomic mass is 9.84. The first-order chi connectivity index (χ1) is 12.5. The first kappa shape index (κ1) is 17.0.